The summed E-state index contributed by atoms with van der Waals surface area (Å²) in [5.41, 5.74) is 4.64. The fraction of sp³-hybridized carbons (Fsp3) is 0.0870. The van der Waals surface area contributed by atoms with Crippen LogP contribution in [0.5, 0.6) is 0 Å². The van der Waals surface area contributed by atoms with E-state index in [1.165, 1.54) is 16.3 Å². The number of halogens is 1. The number of hydrogen-bond donors (Lipinski definition) is 1. The lowest BCUT2D eigenvalue weighted by molar-refractivity contribution is 0.355. The Balaban J connectivity index is 1.44. The van der Waals surface area contributed by atoms with E-state index in [9.17, 15) is 0 Å². The number of benzene rings is 3. The second-order valence-corrected chi connectivity index (χ2v) is 7.74. The van der Waals surface area contributed by atoms with Crippen LogP contribution >= 0.6 is 15.9 Å². The minimum Gasteiger partial charge on any atom is -0.367 e. The molecule has 5 rings (SSSR count). The van der Waals surface area contributed by atoms with Crippen LogP contribution in [0.25, 0.3) is 28.2 Å². The molecule has 0 atom stereocenters. The number of nitrogens with one attached hydrogen (secondary N) is 1. The van der Waals surface area contributed by atoms with Crippen LogP contribution < -0.4 is 0 Å². The maximum atomic E-state index is 4.85. The molecular weight excluding hydrogens is 398 g/mol. The molecule has 0 amide bonds. The Bertz CT molecular complexity index is 1140. The van der Waals surface area contributed by atoms with Crippen molar-refractivity contribution in [2.45, 2.75) is 13.1 Å². The Morgan fingerprint density at radius 3 is 2.67 bits per heavy atom. The van der Waals surface area contributed by atoms with Crippen LogP contribution in [0.4, 0.5) is 0 Å². The van der Waals surface area contributed by atoms with E-state index >= 15 is 0 Å². The van der Waals surface area contributed by atoms with E-state index in [0.717, 1.165) is 40.3 Å². The smallest absolute Gasteiger partial charge is 0.138 e. The summed E-state index contributed by atoms with van der Waals surface area (Å²) in [6.45, 7) is 1.71. The van der Waals surface area contributed by atoms with Gasteiger partial charge in [-0.2, -0.15) is 0 Å². The van der Waals surface area contributed by atoms with Gasteiger partial charge in [0.1, 0.15) is 5.82 Å². The predicted molar refractivity (Wildman–Crippen MR) is 114 cm³/mol. The van der Waals surface area contributed by atoms with Gasteiger partial charge in [-0.1, -0.05) is 70.5 Å². The lowest BCUT2D eigenvalue weighted by Gasteiger charge is -2.23. The standard InChI is InChI=1S/C23H18BrN3/c24-18-10-8-16(9-11-18)14-27-13-12-21-22(15-27)26-23(25-21)20-7-3-5-17-4-1-2-6-19(17)20/h1-13H,14-15H2,(H,25,26). The van der Waals surface area contributed by atoms with Crippen LogP contribution in [0, 0.1) is 0 Å². The van der Waals surface area contributed by atoms with E-state index in [-0.39, 0.29) is 0 Å². The molecule has 4 aromatic rings. The van der Waals surface area contributed by atoms with Crippen LogP contribution in [-0.4, -0.2) is 14.9 Å². The summed E-state index contributed by atoms with van der Waals surface area (Å²) in [5.74, 6) is 0.937. The first-order valence-electron chi connectivity index (χ1n) is 9.00. The summed E-state index contributed by atoms with van der Waals surface area (Å²) in [7, 11) is 0. The van der Waals surface area contributed by atoms with Crippen molar-refractivity contribution in [3.05, 3.63) is 94.4 Å². The number of imidazole rings is 1. The van der Waals surface area contributed by atoms with Gasteiger partial charge < -0.3 is 9.88 Å². The average molecular weight is 416 g/mol. The van der Waals surface area contributed by atoms with E-state index in [1.807, 2.05) is 0 Å². The van der Waals surface area contributed by atoms with Gasteiger partial charge in [0.15, 0.2) is 0 Å². The third-order valence-corrected chi connectivity index (χ3v) is 5.49. The zero-order chi connectivity index (χ0) is 18.2. The normalized spacial score (nSPS) is 13.1. The van der Waals surface area contributed by atoms with Crippen molar-refractivity contribution in [2.24, 2.45) is 0 Å². The number of aromatic amines is 1. The van der Waals surface area contributed by atoms with Gasteiger partial charge in [-0.15, -0.1) is 0 Å². The molecule has 4 heteroatoms. The van der Waals surface area contributed by atoms with Gasteiger partial charge in [0, 0.05) is 22.8 Å². The first-order chi connectivity index (χ1) is 13.3. The molecule has 1 aliphatic heterocycles. The van der Waals surface area contributed by atoms with Crippen LogP contribution in [0.15, 0.2) is 77.4 Å². The first-order valence-corrected chi connectivity index (χ1v) is 9.79. The molecule has 0 fully saturated rings. The van der Waals surface area contributed by atoms with Gasteiger partial charge >= 0.3 is 0 Å². The summed E-state index contributed by atoms with van der Waals surface area (Å²) in [6.07, 6.45) is 4.24. The van der Waals surface area contributed by atoms with Crippen LogP contribution in [0.3, 0.4) is 0 Å². The Hall–Kier alpha value is -2.85. The molecule has 0 spiro atoms. The molecule has 0 aliphatic carbocycles. The molecule has 0 saturated heterocycles. The zero-order valence-electron chi connectivity index (χ0n) is 14.7. The maximum Gasteiger partial charge on any atom is 0.138 e. The number of hydrogen-bond acceptors (Lipinski definition) is 2. The van der Waals surface area contributed by atoms with Crippen LogP contribution in [-0.2, 0) is 13.1 Å². The number of rotatable bonds is 3. The van der Waals surface area contributed by atoms with Crippen LogP contribution in [0.2, 0.25) is 0 Å². The Morgan fingerprint density at radius 2 is 1.78 bits per heavy atom. The van der Waals surface area contributed by atoms with Gasteiger partial charge in [-0.3, -0.25) is 0 Å². The third-order valence-electron chi connectivity index (χ3n) is 4.96. The Morgan fingerprint density at radius 1 is 0.963 bits per heavy atom. The zero-order valence-corrected chi connectivity index (χ0v) is 16.3. The van der Waals surface area contributed by atoms with Crippen molar-refractivity contribution in [2.75, 3.05) is 0 Å². The highest BCUT2D eigenvalue weighted by molar-refractivity contribution is 9.10. The highest BCUT2D eigenvalue weighted by Gasteiger charge is 2.17. The predicted octanol–water partition coefficient (Wildman–Crippen LogP) is 5.98. The minimum atomic E-state index is 0.833. The molecule has 2 heterocycles. The average Bonchev–Trinajstić information content (AvgIpc) is 3.12. The molecular formula is C23H18BrN3. The number of aromatic nitrogens is 2. The fourth-order valence-electron chi connectivity index (χ4n) is 3.61. The quantitative estimate of drug-likeness (QED) is 0.446. The second-order valence-electron chi connectivity index (χ2n) is 6.82. The summed E-state index contributed by atoms with van der Waals surface area (Å²) in [4.78, 5) is 10.7. The van der Waals surface area contributed by atoms with E-state index in [0.29, 0.717) is 0 Å². The van der Waals surface area contributed by atoms with Gasteiger partial charge in [0.05, 0.1) is 17.9 Å². The molecule has 0 saturated carbocycles. The van der Waals surface area contributed by atoms with Gasteiger partial charge in [-0.25, -0.2) is 4.98 Å². The maximum absolute atomic E-state index is 4.85. The van der Waals surface area contributed by atoms with E-state index in [2.05, 4.69) is 105 Å². The molecule has 132 valence electrons. The minimum absolute atomic E-state index is 0.833. The summed E-state index contributed by atoms with van der Waals surface area (Å²) >= 11 is 3.49. The molecule has 0 bridgehead atoms. The topological polar surface area (TPSA) is 31.9 Å². The summed E-state index contributed by atoms with van der Waals surface area (Å²) in [6, 6.07) is 23.3. The van der Waals surface area contributed by atoms with Crippen molar-refractivity contribution in [1.29, 1.82) is 0 Å². The van der Waals surface area contributed by atoms with E-state index in [1.54, 1.807) is 0 Å². The largest absolute Gasteiger partial charge is 0.367 e. The van der Waals surface area contributed by atoms with Crippen molar-refractivity contribution in [1.82, 2.24) is 14.9 Å². The molecule has 0 radical (unpaired) electrons. The molecule has 1 aromatic heterocycles. The van der Waals surface area contributed by atoms with Crippen molar-refractivity contribution < 1.29 is 0 Å². The third kappa shape index (κ3) is 3.17. The lowest BCUT2D eigenvalue weighted by Crippen LogP contribution is -2.19. The van der Waals surface area contributed by atoms with Crippen molar-refractivity contribution in [3.63, 3.8) is 0 Å². The Kier molecular flexibility index (Phi) is 4.06. The van der Waals surface area contributed by atoms with Gasteiger partial charge in [-0.05, 0) is 34.5 Å². The van der Waals surface area contributed by atoms with Crippen molar-refractivity contribution >= 4 is 32.8 Å². The number of H-pyrrole nitrogens is 1. The monoisotopic (exact) mass is 415 g/mol. The molecule has 3 nitrogen and oxygen atoms in total. The second kappa shape index (κ2) is 6.71. The molecule has 1 aliphatic rings. The molecule has 0 unspecified atom stereocenters. The Labute approximate surface area is 166 Å². The number of fused-ring (bicyclic) bond motifs is 2. The highest BCUT2D eigenvalue weighted by Crippen LogP contribution is 2.29. The summed E-state index contributed by atoms with van der Waals surface area (Å²) < 4.78 is 1.11. The number of nitrogens with zero attached hydrogens (tertiary/aromatic N) is 2. The highest BCUT2D eigenvalue weighted by atomic mass is 79.9. The SMILES string of the molecule is Brc1ccc(CN2C=Cc3nc(-c4cccc5ccccc45)[nH]c3C2)cc1. The summed E-state index contributed by atoms with van der Waals surface area (Å²) in [5, 5.41) is 2.46. The molecule has 3 aromatic carbocycles. The van der Waals surface area contributed by atoms with Gasteiger partial charge in [0.25, 0.3) is 0 Å². The fourth-order valence-corrected chi connectivity index (χ4v) is 3.87. The van der Waals surface area contributed by atoms with Gasteiger partial charge in [0.2, 0.25) is 0 Å². The van der Waals surface area contributed by atoms with Crippen LogP contribution in [0.1, 0.15) is 17.0 Å². The van der Waals surface area contributed by atoms with Crippen molar-refractivity contribution in [3.8, 4) is 11.4 Å². The first kappa shape index (κ1) is 16.3. The van der Waals surface area contributed by atoms with E-state index < -0.39 is 0 Å². The lowest BCUT2D eigenvalue weighted by atomic mass is 10.0. The molecule has 1 N–H and O–H groups in total. The molecule has 27 heavy (non-hydrogen) atoms. The van der Waals surface area contributed by atoms with E-state index in [4.69, 9.17) is 4.98 Å².